The van der Waals surface area contributed by atoms with E-state index < -0.39 is 29.6 Å². The molecule has 1 atom stereocenters. The first-order valence-electron chi connectivity index (χ1n) is 11.1. The van der Waals surface area contributed by atoms with Crippen molar-refractivity contribution in [1.82, 2.24) is 10.9 Å². The average molecular weight is 570 g/mol. The number of thioether (sulfide) groups is 1. The van der Waals surface area contributed by atoms with Gasteiger partial charge in [-0.05, 0) is 66.1 Å². The molecule has 0 saturated carbocycles. The quantitative estimate of drug-likeness (QED) is 0.198. The summed E-state index contributed by atoms with van der Waals surface area (Å²) in [6, 6.07) is 16.4. The Morgan fingerprint density at radius 3 is 2.14 bits per heavy atom. The number of hydrazine groups is 1. The van der Waals surface area contributed by atoms with Crippen LogP contribution in [0.25, 0.3) is 0 Å². The number of carbonyl (C=O) groups excluding carboxylic acids is 2. The predicted molar refractivity (Wildman–Crippen MR) is 142 cm³/mol. The molecule has 1 unspecified atom stereocenters. The monoisotopic (exact) mass is 569 g/mol. The molecular formula is C26H24Cl2F3N3O2S. The van der Waals surface area contributed by atoms with E-state index in [2.05, 4.69) is 16.2 Å². The van der Waals surface area contributed by atoms with Crippen LogP contribution in [0.4, 0.5) is 18.9 Å². The number of anilines is 1. The molecule has 11 heteroatoms. The second kappa shape index (κ2) is 12.6. The summed E-state index contributed by atoms with van der Waals surface area (Å²) in [5.74, 6) is -0.655. The molecule has 0 fully saturated rings. The van der Waals surface area contributed by atoms with Gasteiger partial charge in [0.1, 0.15) is 6.04 Å². The molecule has 5 nitrogen and oxygen atoms in total. The van der Waals surface area contributed by atoms with Gasteiger partial charge in [-0.25, -0.2) is 0 Å². The molecule has 3 N–H and O–H groups in total. The van der Waals surface area contributed by atoms with E-state index in [0.717, 1.165) is 22.6 Å². The average Bonchev–Trinajstić information content (AvgIpc) is 2.85. The zero-order chi connectivity index (χ0) is 27.2. The smallest absolute Gasteiger partial charge is 0.372 e. The molecule has 0 radical (unpaired) electrons. The highest BCUT2D eigenvalue weighted by Crippen LogP contribution is 2.34. The summed E-state index contributed by atoms with van der Waals surface area (Å²) in [5.41, 5.74) is 5.37. The molecule has 0 aliphatic carbocycles. The van der Waals surface area contributed by atoms with E-state index in [1.165, 1.54) is 6.07 Å². The number of carbonyl (C=O) groups is 2. The minimum absolute atomic E-state index is 0.168. The van der Waals surface area contributed by atoms with Gasteiger partial charge in [0, 0.05) is 21.2 Å². The van der Waals surface area contributed by atoms with Crippen LogP contribution >= 0.6 is 35.0 Å². The lowest BCUT2D eigenvalue weighted by atomic mass is 10.0. The molecule has 3 aromatic rings. The number of nitrogens with one attached hydrogen (secondary N) is 3. The largest absolute Gasteiger partial charge is 0.416 e. The fourth-order valence-corrected chi connectivity index (χ4v) is 4.44. The van der Waals surface area contributed by atoms with Gasteiger partial charge in [-0.2, -0.15) is 13.2 Å². The van der Waals surface area contributed by atoms with Crippen LogP contribution in [0.1, 0.15) is 35.3 Å². The summed E-state index contributed by atoms with van der Waals surface area (Å²) >= 11 is 13.5. The normalized spacial score (nSPS) is 12.2. The Kier molecular flexibility index (Phi) is 9.75. The maximum absolute atomic E-state index is 12.9. The lowest BCUT2D eigenvalue weighted by Crippen LogP contribution is -2.50. The lowest BCUT2D eigenvalue weighted by molar-refractivity contribution is -0.137. The number of hydrogen-bond acceptors (Lipinski definition) is 4. The Morgan fingerprint density at radius 2 is 1.57 bits per heavy atom. The minimum atomic E-state index is -4.53. The van der Waals surface area contributed by atoms with E-state index in [-0.39, 0.29) is 16.6 Å². The second-order valence-corrected chi connectivity index (χ2v) is 10.3. The van der Waals surface area contributed by atoms with E-state index in [1.54, 1.807) is 37.7 Å². The summed E-state index contributed by atoms with van der Waals surface area (Å²) in [6.07, 6.45) is -4.53. The van der Waals surface area contributed by atoms with Gasteiger partial charge in [-0.15, -0.1) is 11.8 Å². The molecule has 37 heavy (non-hydrogen) atoms. The SMILES string of the molecule is CC(C)C(Nc1ccc(C(F)(F)F)cc1Cl)C(=O)NNC(=O)c1ccc(CSc2ccc(Cl)cc2)cc1. The molecule has 0 bridgehead atoms. The number of halogens is 5. The van der Waals surface area contributed by atoms with Gasteiger partial charge in [0.2, 0.25) is 0 Å². The van der Waals surface area contributed by atoms with Crippen molar-refractivity contribution in [2.24, 2.45) is 5.92 Å². The van der Waals surface area contributed by atoms with Crippen molar-refractivity contribution in [3.05, 3.63) is 93.5 Å². The van der Waals surface area contributed by atoms with Crippen molar-refractivity contribution in [3.8, 4) is 0 Å². The Labute approximate surface area is 227 Å². The molecule has 0 aromatic heterocycles. The Morgan fingerprint density at radius 1 is 0.919 bits per heavy atom. The molecule has 0 aliphatic heterocycles. The molecule has 3 aromatic carbocycles. The number of amides is 2. The van der Waals surface area contributed by atoms with Gasteiger partial charge in [-0.1, -0.05) is 49.2 Å². The van der Waals surface area contributed by atoms with Crippen LogP contribution in [0.2, 0.25) is 10.0 Å². The van der Waals surface area contributed by atoms with Crippen LogP contribution < -0.4 is 16.2 Å². The van der Waals surface area contributed by atoms with Crippen molar-refractivity contribution in [2.75, 3.05) is 5.32 Å². The Bertz CT molecular complexity index is 1240. The molecular weight excluding hydrogens is 546 g/mol. The third-order valence-electron chi connectivity index (χ3n) is 5.29. The molecule has 196 valence electrons. The van der Waals surface area contributed by atoms with Gasteiger partial charge in [0.25, 0.3) is 11.8 Å². The number of benzene rings is 3. The first kappa shape index (κ1) is 28.7. The highest BCUT2D eigenvalue weighted by Gasteiger charge is 2.31. The van der Waals surface area contributed by atoms with Crippen molar-refractivity contribution in [1.29, 1.82) is 0 Å². The fraction of sp³-hybridized carbons (Fsp3) is 0.231. The van der Waals surface area contributed by atoms with Gasteiger partial charge in [-0.3, -0.25) is 20.4 Å². The van der Waals surface area contributed by atoms with E-state index in [0.29, 0.717) is 16.3 Å². The topological polar surface area (TPSA) is 70.2 Å². The van der Waals surface area contributed by atoms with E-state index in [9.17, 15) is 22.8 Å². The van der Waals surface area contributed by atoms with Crippen LogP contribution in [-0.2, 0) is 16.7 Å². The molecule has 0 heterocycles. The van der Waals surface area contributed by atoms with Crippen LogP contribution in [-0.4, -0.2) is 17.9 Å². The van der Waals surface area contributed by atoms with Gasteiger partial charge in [0.15, 0.2) is 0 Å². The summed E-state index contributed by atoms with van der Waals surface area (Å²) in [4.78, 5) is 26.3. The first-order valence-corrected chi connectivity index (χ1v) is 12.9. The van der Waals surface area contributed by atoms with Crippen molar-refractivity contribution in [2.45, 2.75) is 36.7 Å². The second-order valence-electron chi connectivity index (χ2n) is 8.44. The van der Waals surface area contributed by atoms with Crippen LogP contribution in [0.5, 0.6) is 0 Å². The zero-order valence-corrected chi connectivity index (χ0v) is 22.2. The summed E-state index contributed by atoms with van der Waals surface area (Å²) in [6.45, 7) is 3.50. The Hall–Kier alpha value is -2.88. The van der Waals surface area contributed by atoms with Crippen LogP contribution in [0.3, 0.4) is 0 Å². The van der Waals surface area contributed by atoms with Gasteiger partial charge < -0.3 is 5.32 Å². The highest BCUT2D eigenvalue weighted by molar-refractivity contribution is 7.98. The number of rotatable bonds is 8. The summed E-state index contributed by atoms with van der Waals surface area (Å²) in [5, 5.41) is 3.35. The fourth-order valence-electron chi connectivity index (χ4n) is 3.23. The number of alkyl halides is 3. The summed E-state index contributed by atoms with van der Waals surface area (Å²) in [7, 11) is 0. The lowest BCUT2D eigenvalue weighted by Gasteiger charge is -2.23. The standard InChI is InChI=1S/C26H24Cl2F3N3O2S/c1-15(2)23(32-22-12-7-18(13-21(22)28)26(29,30)31)25(36)34-33-24(35)17-5-3-16(4-6-17)14-37-20-10-8-19(27)9-11-20/h3-13,15,23,32H,14H2,1-2H3,(H,33,35)(H,34,36). The Balaban J connectivity index is 1.55. The van der Waals surface area contributed by atoms with Crippen LogP contribution in [0, 0.1) is 5.92 Å². The van der Waals surface area contributed by atoms with E-state index in [4.69, 9.17) is 23.2 Å². The van der Waals surface area contributed by atoms with Crippen molar-refractivity contribution in [3.63, 3.8) is 0 Å². The van der Waals surface area contributed by atoms with Crippen molar-refractivity contribution >= 4 is 52.5 Å². The predicted octanol–water partition coefficient (Wildman–Crippen LogP) is 7.20. The molecule has 2 amide bonds. The zero-order valence-electron chi connectivity index (χ0n) is 19.8. The third-order valence-corrected chi connectivity index (χ3v) is 6.94. The maximum atomic E-state index is 12.9. The molecule has 0 aliphatic rings. The molecule has 3 rings (SSSR count). The van der Waals surface area contributed by atoms with Gasteiger partial charge in [0.05, 0.1) is 16.3 Å². The van der Waals surface area contributed by atoms with E-state index in [1.807, 2.05) is 36.4 Å². The first-order chi connectivity index (χ1) is 17.4. The highest BCUT2D eigenvalue weighted by atomic mass is 35.5. The summed E-state index contributed by atoms with van der Waals surface area (Å²) < 4.78 is 38.7. The molecule has 0 spiro atoms. The molecule has 0 saturated heterocycles. The van der Waals surface area contributed by atoms with Gasteiger partial charge >= 0.3 is 6.18 Å². The third kappa shape index (κ3) is 8.31. The minimum Gasteiger partial charge on any atom is -0.372 e. The number of hydrogen-bond donors (Lipinski definition) is 3. The van der Waals surface area contributed by atoms with Crippen molar-refractivity contribution < 1.29 is 22.8 Å². The van der Waals surface area contributed by atoms with Crippen LogP contribution in [0.15, 0.2) is 71.6 Å². The van der Waals surface area contributed by atoms with E-state index >= 15 is 0 Å². The maximum Gasteiger partial charge on any atom is 0.416 e.